The summed E-state index contributed by atoms with van der Waals surface area (Å²) in [7, 11) is 1.45. The van der Waals surface area contributed by atoms with Crippen LogP contribution in [0.5, 0.6) is 0 Å². The van der Waals surface area contributed by atoms with Gasteiger partial charge < -0.3 is 15.0 Å². The number of methoxy groups -OCH3 is 1. The van der Waals surface area contributed by atoms with Gasteiger partial charge in [-0.2, -0.15) is 0 Å². The first kappa shape index (κ1) is 20.7. The summed E-state index contributed by atoms with van der Waals surface area (Å²) in [5.41, 5.74) is 1.04. The van der Waals surface area contributed by atoms with Gasteiger partial charge in [0.25, 0.3) is 0 Å². The van der Waals surface area contributed by atoms with E-state index in [-0.39, 0.29) is 41.8 Å². The minimum Gasteiger partial charge on any atom is -0.469 e. The molecule has 0 saturated carbocycles. The number of rotatable bonds is 5. The average molecular weight is 446 g/mol. The zero-order valence-electron chi connectivity index (χ0n) is 14.6. The summed E-state index contributed by atoms with van der Waals surface area (Å²) < 4.78 is 4.90. The molecular weight excluding hydrogens is 419 g/mol. The van der Waals surface area contributed by atoms with E-state index < -0.39 is 0 Å². The Balaban J connectivity index is 0.00000288. The van der Waals surface area contributed by atoms with Crippen molar-refractivity contribution in [2.75, 3.05) is 33.3 Å². The van der Waals surface area contributed by atoms with Crippen molar-refractivity contribution in [2.24, 2.45) is 16.8 Å². The number of nitrogens with one attached hydrogen (secondary N) is 1. The lowest BCUT2D eigenvalue weighted by atomic mass is 9.99. The maximum absolute atomic E-state index is 11.8. The van der Waals surface area contributed by atoms with Gasteiger partial charge in [0.05, 0.1) is 13.0 Å². The normalized spacial score (nSPS) is 20.5. The minimum atomic E-state index is -0.135. The lowest BCUT2D eigenvalue weighted by molar-refractivity contribution is -0.145. The standard InChI is InChI=1S/C17H26N4O2.HI/c1-4-18-17(20-10-8-14-7-5-6-9-19-14)21-11-13(2)15(12-21)16(22)23-3;/h5-7,9,13,15H,4,8,10-12H2,1-3H3,(H,18,20);1H. The summed E-state index contributed by atoms with van der Waals surface area (Å²) in [6.45, 7) is 7.08. The Hall–Kier alpha value is -1.38. The Labute approximate surface area is 161 Å². The van der Waals surface area contributed by atoms with Crippen LogP contribution in [0.15, 0.2) is 29.4 Å². The van der Waals surface area contributed by atoms with Crippen LogP contribution in [0.4, 0.5) is 0 Å². The highest BCUT2D eigenvalue weighted by Gasteiger charge is 2.36. The van der Waals surface area contributed by atoms with Crippen molar-refractivity contribution < 1.29 is 9.53 Å². The van der Waals surface area contributed by atoms with E-state index in [1.807, 2.05) is 25.1 Å². The molecule has 6 nitrogen and oxygen atoms in total. The van der Waals surface area contributed by atoms with E-state index in [9.17, 15) is 4.79 Å². The summed E-state index contributed by atoms with van der Waals surface area (Å²) in [6.07, 6.45) is 2.60. The van der Waals surface area contributed by atoms with Crippen LogP contribution in [-0.2, 0) is 16.0 Å². The van der Waals surface area contributed by atoms with Crippen molar-refractivity contribution in [1.29, 1.82) is 0 Å². The largest absolute Gasteiger partial charge is 0.469 e. The molecule has 2 unspecified atom stereocenters. The number of esters is 1. The van der Waals surface area contributed by atoms with Crippen molar-refractivity contribution in [3.63, 3.8) is 0 Å². The first-order valence-electron chi connectivity index (χ1n) is 8.16. The number of ether oxygens (including phenoxy) is 1. The predicted molar refractivity (Wildman–Crippen MR) is 106 cm³/mol. The molecule has 1 aliphatic rings. The number of carbonyl (C=O) groups is 1. The molecule has 1 aromatic heterocycles. The molecule has 1 aromatic rings. The van der Waals surface area contributed by atoms with E-state index in [4.69, 9.17) is 4.74 Å². The quantitative estimate of drug-likeness (QED) is 0.324. The topological polar surface area (TPSA) is 66.8 Å². The van der Waals surface area contributed by atoms with Gasteiger partial charge in [0.2, 0.25) is 0 Å². The van der Waals surface area contributed by atoms with Crippen LogP contribution in [0.2, 0.25) is 0 Å². The smallest absolute Gasteiger partial charge is 0.310 e. The molecular formula is C17H27IN4O2. The molecule has 1 saturated heterocycles. The third-order valence-corrected chi connectivity index (χ3v) is 4.11. The van der Waals surface area contributed by atoms with Gasteiger partial charge >= 0.3 is 5.97 Å². The number of aromatic nitrogens is 1. The zero-order chi connectivity index (χ0) is 16.7. The average Bonchev–Trinajstić information content (AvgIpc) is 2.96. The Kier molecular flexibility index (Phi) is 9.02. The molecule has 134 valence electrons. The van der Waals surface area contributed by atoms with Crippen LogP contribution in [0.1, 0.15) is 19.5 Å². The van der Waals surface area contributed by atoms with Crippen LogP contribution in [0.25, 0.3) is 0 Å². The van der Waals surface area contributed by atoms with Crippen molar-refractivity contribution in [2.45, 2.75) is 20.3 Å². The van der Waals surface area contributed by atoms with E-state index >= 15 is 0 Å². The fourth-order valence-corrected chi connectivity index (χ4v) is 2.85. The zero-order valence-corrected chi connectivity index (χ0v) is 16.9. The van der Waals surface area contributed by atoms with Crippen LogP contribution in [0, 0.1) is 11.8 Å². The van der Waals surface area contributed by atoms with E-state index in [2.05, 4.69) is 27.1 Å². The molecule has 24 heavy (non-hydrogen) atoms. The molecule has 0 aliphatic carbocycles. The van der Waals surface area contributed by atoms with E-state index in [0.717, 1.165) is 31.2 Å². The van der Waals surface area contributed by atoms with Crippen molar-refractivity contribution in [3.05, 3.63) is 30.1 Å². The minimum absolute atomic E-state index is 0. The summed E-state index contributed by atoms with van der Waals surface area (Å²) >= 11 is 0. The summed E-state index contributed by atoms with van der Waals surface area (Å²) in [5, 5.41) is 3.31. The van der Waals surface area contributed by atoms with Gasteiger partial charge in [-0.25, -0.2) is 0 Å². The Bertz CT molecular complexity index is 539. The third kappa shape index (κ3) is 5.61. The summed E-state index contributed by atoms with van der Waals surface area (Å²) in [6, 6.07) is 5.91. The Morgan fingerprint density at radius 2 is 2.25 bits per heavy atom. The van der Waals surface area contributed by atoms with Crippen molar-refractivity contribution in [1.82, 2.24) is 15.2 Å². The predicted octanol–water partition coefficient (Wildman–Crippen LogP) is 1.95. The van der Waals surface area contributed by atoms with E-state index in [1.54, 1.807) is 6.20 Å². The van der Waals surface area contributed by atoms with Crippen molar-refractivity contribution in [3.8, 4) is 0 Å². The molecule has 2 atom stereocenters. The van der Waals surface area contributed by atoms with Crippen LogP contribution in [0.3, 0.4) is 0 Å². The molecule has 1 fully saturated rings. The maximum Gasteiger partial charge on any atom is 0.310 e. The molecule has 2 rings (SSSR count). The molecule has 0 amide bonds. The van der Waals surface area contributed by atoms with E-state index in [0.29, 0.717) is 13.1 Å². The fraction of sp³-hybridized carbons (Fsp3) is 0.588. The van der Waals surface area contributed by atoms with Crippen LogP contribution < -0.4 is 5.32 Å². The Morgan fingerprint density at radius 1 is 1.46 bits per heavy atom. The summed E-state index contributed by atoms with van der Waals surface area (Å²) in [4.78, 5) is 23.0. The SMILES string of the molecule is CCNC(=NCCc1ccccn1)N1CC(C)C(C(=O)OC)C1.I. The van der Waals surface area contributed by atoms with Crippen LogP contribution >= 0.6 is 24.0 Å². The number of carbonyl (C=O) groups excluding carboxylic acids is 1. The molecule has 7 heteroatoms. The van der Waals surface area contributed by atoms with Gasteiger partial charge in [-0.1, -0.05) is 13.0 Å². The lowest BCUT2D eigenvalue weighted by Crippen LogP contribution is -2.40. The number of hydrogen-bond acceptors (Lipinski definition) is 4. The highest BCUT2D eigenvalue weighted by Crippen LogP contribution is 2.24. The fourth-order valence-electron chi connectivity index (χ4n) is 2.85. The van der Waals surface area contributed by atoms with Gasteiger partial charge in [0.15, 0.2) is 5.96 Å². The second-order valence-electron chi connectivity index (χ2n) is 5.82. The van der Waals surface area contributed by atoms with Crippen molar-refractivity contribution >= 4 is 35.9 Å². The number of guanidine groups is 1. The first-order chi connectivity index (χ1) is 11.2. The second kappa shape index (κ2) is 10.5. The third-order valence-electron chi connectivity index (χ3n) is 4.11. The lowest BCUT2D eigenvalue weighted by Gasteiger charge is -2.21. The molecule has 0 bridgehead atoms. The molecule has 1 aliphatic heterocycles. The second-order valence-corrected chi connectivity index (χ2v) is 5.82. The number of halogens is 1. The molecule has 0 aromatic carbocycles. The van der Waals surface area contributed by atoms with Gasteiger partial charge in [0, 0.05) is 44.5 Å². The number of hydrogen-bond donors (Lipinski definition) is 1. The first-order valence-corrected chi connectivity index (χ1v) is 8.16. The number of aliphatic imine (C=N–C) groups is 1. The highest BCUT2D eigenvalue weighted by atomic mass is 127. The Morgan fingerprint density at radius 3 is 2.88 bits per heavy atom. The summed E-state index contributed by atoms with van der Waals surface area (Å²) in [5.74, 6) is 0.910. The molecule has 2 heterocycles. The van der Waals surface area contributed by atoms with Gasteiger partial charge in [-0.05, 0) is 25.0 Å². The number of nitrogens with zero attached hydrogens (tertiary/aromatic N) is 3. The van der Waals surface area contributed by atoms with Crippen LogP contribution in [-0.4, -0.2) is 55.1 Å². The maximum atomic E-state index is 11.8. The highest BCUT2D eigenvalue weighted by molar-refractivity contribution is 14.0. The van der Waals surface area contributed by atoms with Gasteiger partial charge in [-0.15, -0.1) is 24.0 Å². The van der Waals surface area contributed by atoms with Gasteiger partial charge in [-0.3, -0.25) is 14.8 Å². The monoisotopic (exact) mass is 446 g/mol. The van der Waals surface area contributed by atoms with E-state index in [1.165, 1.54) is 7.11 Å². The molecule has 1 N–H and O–H groups in total. The number of pyridine rings is 1. The number of likely N-dealkylation sites (tertiary alicyclic amines) is 1. The molecule has 0 radical (unpaired) electrons. The van der Waals surface area contributed by atoms with Gasteiger partial charge in [0.1, 0.15) is 0 Å². The molecule has 0 spiro atoms.